The Balaban J connectivity index is 0.000000208. The van der Waals surface area contributed by atoms with Gasteiger partial charge in [-0.3, -0.25) is 19.6 Å². The Morgan fingerprint density at radius 2 is 0.979 bits per heavy atom. The minimum absolute atomic E-state index is 0. The maximum absolute atomic E-state index is 11.1. The van der Waals surface area contributed by atoms with Crippen molar-refractivity contribution in [3.8, 4) is 23.0 Å². The molecule has 0 bridgehead atoms. The second-order valence-electron chi connectivity index (χ2n) is 9.50. The van der Waals surface area contributed by atoms with Crippen LogP contribution in [-0.4, -0.2) is 47.0 Å². The SMILES string of the molecule is COc1ccc(N=Nc2cc(C=O)c(O)c3ncccc23)cc1.COc1ccc(N=Nc2cc(C=O)c(O)c3ncccc23)cc1.[Mn]. The first-order valence-corrected chi connectivity index (χ1v) is 13.7. The molecule has 0 fully saturated rings. The number of phenols is 2. The molecule has 0 atom stereocenters. The van der Waals surface area contributed by atoms with Gasteiger partial charge in [-0.25, -0.2) is 0 Å². The number of aromatic nitrogens is 2. The van der Waals surface area contributed by atoms with Gasteiger partial charge in [-0.15, -0.1) is 10.2 Å². The van der Waals surface area contributed by atoms with Crippen LogP contribution in [0, 0.1) is 0 Å². The van der Waals surface area contributed by atoms with E-state index in [4.69, 9.17) is 9.47 Å². The number of hydrogen-bond donors (Lipinski definition) is 2. The summed E-state index contributed by atoms with van der Waals surface area (Å²) in [5.74, 6) is 1.15. The van der Waals surface area contributed by atoms with Crippen LogP contribution in [0.5, 0.6) is 23.0 Å². The monoisotopic (exact) mass is 669 g/mol. The van der Waals surface area contributed by atoms with Crippen LogP contribution in [-0.2, 0) is 17.1 Å². The van der Waals surface area contributed by atoms with Crippen LogP contribution in [0.4, 0.5) is 22.7 Å². The van der Waals surface area contributed by atoms with E-state index < -0.39 is 0 Å². The van der Waals surface area contributed by atoms with Crippen molar-refractivity contribution < 1.29 is 46.3 Å². The molecule has 0 saturated carbocycles. The van der Waals surface area contributed by atoms with E-state index in [1.165, 1.54) is 12.1 Å². The number of carbonyl (C=O) groups excluding carboxylic acids is 2. The van der Waals surface area contributed by atoms with E-state index in [9.17, 15) is 19.8 Å². The van der Waals surface area contributed by atoms with Crippen molar-refractivity contribution in [2.75, 3.05) is 14.2 Å². The standard InChI is InChI=1S/2C17H13N3O3.Mn/c2*1-23-13-6-4-12(5-7-13)19-20-15-9-11(10-21)17(22)16-14(15)3-2-8-18-16;/h2*2-10,22H,1H3;. The largest absolute Gasteiger partial charge is 0.505 e. The summed E-state index contributed by atoms with van der Waals surface area (Å²) in [5, 5.41) is 38.0. The average molecular weight is 670 g/mol. The van der Waals surface area contributed by atoms with Crippen molar-refractivity contribution in [2.45, 2.75) is 0 Å². The number of aromatic hydroxyl groups is 2. The minimum Gasteiger partial charge on any atom is -0.505 e. The molecule has 0 spiro atoms. The van der Waals surface area contributed by atoms with Gasteiger partial charge in [0.15, 0.2) is 24.1 Å². The van der Waals surface area contributed by atoms with E-state index in [2.05, 4.69) is 30.4 Å². The Bertz CT molecular complexity index is 1940. The molecule has 2 N–H and O–H groups in total. The molecule has 235 valence electrons. The molecule has 0 aliphatic heterocycles. The molecule has 0 saturated heterocycles. The molecular weight excluding hydrogens is 643 g/mol. The van der Waals surface area contributed by atoms with Crippen LogP contribution >= 0.6 is 0 Å². The third-order valence-electron chi connectivity index (χ3n) is 6.69. The maximum atomic E-state index is 11.1. The summed E-state index contributed by atoms with van der Waals surface area (Å²) in [7, 11) is 3.18. The van der Waals surface area contributed by atoms with E-state index in [-0.39, 0.29) is 39.7 Å². The summed E-state index contributed by atoms with van der Waals surface area (Å²) in [5.41, 5.74) is 3.10. The van der Waals surface area contributed by atoms with Gasteiger partial charge in [-0.2, -0.15) is 10.2 Å². The van der Waals surface area contributed by atoms with Crippen LogP contribution in [0.15, 0.2) is 118 Å². The molecule has 12 nitrogen and oxygen atoms in total. The summed E-state index contributed by atoms with van der Waals surface area (Å²) in [6, 6.07) is 24.1. The number of rotatable bonds is 8. The topological polar surface area (TPSA) is 168 Å². The van der Waals surface area contributed by atoms with Gasteiger partial charge in [-0.05, 0) is 84.9 Å². The van der Waals surface area contributed by atoms with Gasteiger partial charge in [0.25, 0.3) is 0 Å². The molecule has 6 rings (SSSR count). The first-order valence-electron chi connectivity index (χ1n) is 13.7. The van der Waals surface area contributed by atoms with Crippen LogP contribution in [0.25, 0.3) is 21.8 Å². The zero-order valence-corrected chi connectivity index (χ0v) is 26.2. The second-order valence-corrected chi connectivity index (χ2v) is 9.50. The second kappa shape index (κ2) is 15.8. The zero-order valence-electron chi connectivity index (χ0n) is 25.0. The normalized spacial score (nSPS) is 10.8. The Labute approximate surface area is 278 Å². The van der Waals surface area contributed by atoms with Crippen molar-refractivity contribution in [3.05, 3.63) is 108 Å². The van der Waals surface area contributed by atoms with Crippen LogP contribution in [0.2, 0.25) is 0 Å². The Kier molecular flexibility index (Phi) is 11.4. The van der Waals surface area contributed by atoms with Crippen molar-refractivity contribution >= 4 is 57.1 Å². The molecule has 47 heavy (non-hydrogen) atoms. The first-order chi connectivity index (χ1) is 22.4. The third kappa shape index (κ3) is 7.79. The number of benzene rings is 4. The van der Waals surface area contributed by atoms with Crippen LogP contribution in [0.3, 0.4) is 0 Å². The summed E-state index contributed by atoms with van der Waals surface area (Å²) in [4.78, 5) is 30.4. The quantitative estimate of drug-likeness (QED) is 0.0926. The molecule has 0 aliphatic rings. The Morgan fingerprint density at radius 3 is 1.32 bits per heavy atom. The Hall–Kier alpha value is -6.04. The van der Waals surface area contributed by atoms with Crippen LogP contribution < -0.4 is 9.47 Å². The predicted octanol–water partition coefficient (Wildman–Crippen LogP) is 8.35. The molecule has 2 aromatic heterocycles. The number of azo groups is 2. The summed E-state index contributed by atoms with van der Waals surface area (Å²) in [6.45, 7) is 0. The van der Waals surface area contributed by atoms with Gasteiger partial charge in [-0.1, -0.05) is 0 Å². The number of carbonyl (C=O) groups is 2. The molecule has 1 radical (unpaired) electrons. The van der Waals surface area contributed by atoms with Crippen molar-refractivity contribution in [3.63, 3.8) is 0 Å². The predicted molar refractivity (Wildman–Crippen MR) is 172 cm³/mol. The van der Waals surface area contributed by atoms with Gasteiger partial charge in [0.2, 0.25) is 0 Å². The molecular formula is C34H26MnN6O6. The molecule has 0 amide bonds. The average Bonchev–Trinajstić information content (AvgIpc) is 3.12. The van der Waals surface area contributed by atoms with E-state index in [1.54, 1.807) is 99.4 Å². The van der Waals surface area contributed by atoms with Crippen molar-refractivity contribution in [2.24, 2.45) is 20.5 Å². The molecule has 13 heteroatoms. The van der Waals surface area contributed by atoms with Crippen LogP contribution in [0.1, 0.15) is 20.7 Å². The molecule has 0 aliphatic carbocycles. The van der Waals surface area contributed by atoms with E-state index >= 15 is 0 Å². The Morgan fingerprint density at radius 1 is 0.596 bits per heavy atom. The third-order valence-corrected chi connectivity index (χ3v) is 6.69. The van der Waals surface area contributed by atoms with Gasteiger partial charge >= 0.3 is 0 Å². The number of phenolic OH excluding ortho intramolecular Hbond substituents is 2. The molecule has 0 unspecified atom stereocenters. The van der Waals surface area contributed by atoms with E-state index in [1.807, 2.05) is 0 Å². The number of fused-ring (bicyclic) bond motifs is 2. The fourth-order valence-electron chi connectivity index (χ4n) is 4.33. The number of hydrogen-bond acceptors (Lipinski definition) is 12. The van der Waals surface area contributed by atoms with Gasteiger partial charge in [0.1, 0.15) is 22.5 Å². The van der Waals surface area contributed by atoms with Crippen molar-refractivity contribution in [1.29, 1.82) is 0 Å². The fraction of sp³-hybridized carbons (Fsp3) is 0.0588. The number of ether oxygens (including phenoxy) is 2. The van der Waals surface area contributed by atoms with Gasteiger partial charge < -0.3 is 19.7 Å². The minimum atomic E-state index is -0.154. The first kappa shape index (κ1) is 33.8. The number of pyridine rings is 2. The van der Waals surface area contributed by atoms with Gasteiger partial charge in [0.05, 0.1) is 48.1 Å². The van der Waals surface area contributed by atoms with E-state index in [0.717, 1.165) is 11.5 Å². The molecule has 6 aromatic rings. The molecule has 2 heterocycles. The smallest absolute Gasteiger partial charge is 0.153 e. The summed E-state index contributed by atoms with van der Waals surface area (Å²) < 4.78 is 10.2. The number of methoxy groups -OCH3 is 2. The summed E-state index contributed by atoms with van der Waals surface area (Å²) in [6.07, 6.45) is 4.22. The van der Waals surface area contributed by atoms with Crippen molar-refractivity contribution in [1.82, 2.24) is 9.97 Å². The number of aldehydes is 2. The maximum Gasteiger partial charge on any atom is 0.153 e. The number of nitrogens with zero attached hydrogens (tertiary/aromatic N) is 6. The van der Waals surface area contributed by atoms with E-state index in [0.29, 0.717) is 57.1 Å². The fourth-order valence-corrected chi connectivity index (χ4v) is 4.33. The zero-order chi connectivity index (χ0) is 32.5. The summed E-state index contributed by atoms with van der Waals surface area (Å²) >= 11 is 0. The molecule has 4 aromatic carbocycles. The van der Waals surface area contributed by atoms with Gasteiger partial charge in [0, 0.05) is 40.2 Å².